The van der Waals surface area contributed by atoms with Crippen molar-refractivity contribution in [2.45, 2.75) is 26.2 Å². The van der Waals surface area contributed by atoms with Gasteiger partial charge in [0.15, 0.2) is 0 Å². The normalized spacial score (nSPS) is 12.9. The first-order valence-corrected chi connectivity index (χ1v) is 9.03. The molecule has 0 saturated carbocycles. The van der Waals surface area contributed by atoms with Gasteiger partial charge in [-0.1, -0.05) is 6.92 Å². The minimum Gasteiger partial charge on any atom is -0.497 e. The van der Waals surface area contributed by atoms with Gasteiger partial charge in [0.25, 0.3) is 5.91 Å². The number of nitrogens with zero attached hydrogens (tertiary/aromatic N) is 1. The molecule has 1 N–H and O–H groups in total. The van der Waals surface area contributed by atoms with E-state index in [1.165, 1.54) is 0 Å². The number of ether oxygens (including phenoxy) is 2. The lowest BCUT2D eigenvalue weighted by molar-refractivity contribution is -0.118. The average Bonchev–Trinajstić information content (AvgIpc) is 2.71. The van der Waals surface area contributed by atoms with Gasteiger partial charge in [0.1, 0.15) is 11.5 Å². The first kappa shape index (κ1) is 18.8. The molecule has 1 aliphatic heterocycles. The zero-order valence-corrected chi connectivity index (χ0v) is 15.9. The quantitative estimate of drug-likeness (QED) is 0.875. The van der Waals surface area contributed by atoms with Crippen LogP contribution in [0.25, 0.3) is 0 Å². The fourth-order valence-corrected chi connectivity index (χ4v) is 3.27. The molecule has 1 aliphatic rings. The number of amides is 2. The van der Waals surface area contributed by atoms with Gasteiger partial charge >= 0.3 is 0 Å². The van der Waals surface area contributed by atoms with E-state index in [0.717, 1.165) is 30.6 Å². The second kappa shape index (κ2) is 8.12. The summed E-state index contributed by atoms with van der Waals surface area (Å²) in [7, 11) is 3.09. The van der Waals surface area contributed by atoms with Crippen LogP contribution in [0.3, 0.4) is 0 Å². The molecule has 2 aromatic carbocycles. The lowest BCUT2D eigenvalue weighted by atomic mass is 10.0. The molecule has 0 unspecified atom stereocenters. The van der Waals surface area contributed by atoms with Crippen LogP contribution in [0.2, 0.25) is 0 Å². The third-order valence-corrected chi connectivity index (χ3v) is 4.67. The summed E-state index contributed by atoms with van der Waals surface area (Å²) in [6.07, 6.45) is 2.29. The van der Waals surface area contributed by atoms with Crippen LogP contribution in [0.1, 0.15) is 35.7 Å². The van der Waals surface area contributed by atoms with E-state index >= 15 is 0 Å². The van der Waals surface area contributed by atoms with Crippen LogP contribution in [-0.4, -0.2) is 32.6 Å². The summed E-state index contributed by atoms with van der Waals surface area (Å²) in [5.74, 6) is 0.984. The molecule has 2 amide bonds. The highest BCUT2D eigenvalue weighted by Gasteiger charge is 2.22. The van der Waals surface area contributed by atoms with Gasteiger partial charge in [-0.15, -0.1) is 0 Å². The lowest BCUT2D eigenvalue weighted by Crippen LogP contribution is -2.34. The smallest absolute Gasteiger partial charge is 0.255 e. The van der Waals surface area contributed by atoms with Crippen molar-refractivity contribution in [1.82, 2.24) is 0 Å². The van der Waals surface area contributed by atoms with Crippen LogP contribution in [0, 0.1) is 0 Å². The van der Waals surface area contributed by atoms with Crippen molar-refractivity contribution in [1.29, 1.82) is 0 Å². The Morgan fingerprint density at radius 2 is 1.78 bits per heavy atom. The van der Waals surface area contributed by atoms with Gasteiger partial charge < -0.3 is 19.7 Å². The standard InChI is InChI=1S/C21H24N2O4/c1-4-20(24)23-9-5-6-14-10-16(7-8-19(14)23)22-21(25)15-11-17(26-2)13-18(12-15)27-3/h7-8,10-13H,4-6,9H2,1-3H3,(H,22,25). The van der Waals surface area contributed by atoms with E-state index in [1.54, 1.807) is 32.4 Å². The van der Waals surface area contributed by atoms with Gasteiger partial charge in [-0.05, 0) is 48.7 Å². The van der Waals surface area contributed by atoms with Gasteiger partial charge in [-0.25, -0.2) is 0 Å². The van der Waals surface area contributed by atoms with Crippen molar-refractivity contribution in [2.75, 3.05) is 31.0 Å². The zero-order valence-electron chi connectivity index (χ0n) is 15.9. The third-order valence-electron chi connectivity index (χ3n) is 4.67. The van der Waals surface area contributed by atoms with Gasteiger partial charge in [0.2, 0.25) is 5.91 Å². The van der Waals surface area contributed by atoms with Crippen LogP contribution in [0.5, 0.6) is 11.5 Å². The van der Waals surface area contributed by atoms with E-state index in [0.29, 0.717) is 29.2 Å². The van der Waals surface area contributed by atoms with Gasteiger partial charge in [0.05, 0.1) is 14.2 Å². The first-order valence-electron chi connectivity index (χ1n) is 9.03. The Balaban J connectivity index is 1.82. The highest BCUT2D eigenvalue weighted by Crippen LogP contribution is 2.30. The van der Waals surface area contributed by atoms with Crippen LogP contribution in [0.4, 0.5) is 11.4 Å². The molecule has 0 atom stereocenters. The predicted molar refractivity (Wildman–Crippen MR) is 105 cm³/mol. The summed E-state index contributed by atoms with van der Waals surface area (Å²) in [6, 6.07) is 10.7. The topological polar surface area (TPSA) is 67.9 Å². The molecule has 6 heteroatoms. The maximum atomic E-state index is 12.7. The number of fused-ring (bicyclic) bond motifs is 1. The molecule has 6 nitrogen and oxygen atoms in total. The number of hydrogen-bond donors (Lipinski definition) is 1. The lowest BCUT2D eigenvalue weighted by Gasteiger charge is -2.29. The summed E-state index contributed by atoms with van der Waals surface area (Å²) in [5, 5.41) is 2.92. The number of carbonyl (C=O) groups excluding carboxylic acids is 2. The van der Waals surface area contributed by atoms with Gasteiger partial charge in [0, 0.05) is 36.0 Å². The fourth-order valence-electron chi connectivity index (χ4n) is 3.27. The van der Waals surface area contributed by atoms with Crippen molar-refractivity contribution in [3.63, 3.8) is 0 Å². The largest absolute Gasteiger partial charge is 0.497 e. The highest BCUT2D eigenvalue weighted by molar-refractivity contribution is 6.05. The molecule has 0 spiro atoms. The van der Waals surface area contributed by atoms with E-state index in [9.17, 15) is 9.59 Å². The molecule has 0 radical (unpaired) electrons. The molecule has 0 aliphatic carbocycles. The Labute approximate surface area is 159 Å². The van der Waals surface area contributed by atoms with Crippen molar-refractivity contribution in [2.24, 2.45) is 0 Å². The van der Waals surface area contributed by atoms with Crippen LogP contribution < -0.4 is 19.7 Å². The Morgan fingerprint density at radius 1 is 1.07 bits per heavy atom. The Kier molecular flexibility index (Phi) is 5.64. The number of nitrogens with one attached hydrogen (secondary N) is 1. The summed E-state index contributed by atoms with van der Waals surface area (Å²) in [5.41, 5.74) is 3.16. The average molecular weight is 368 g/mol. The summed E-state index contributed by atoms with van der Waals surface area (Å²) >= 11 is 0. The van der Waals surface area contributed by atoms with Crippen LogP contribution in [-0.2, 0) is 11.2 Å². The molecule has 2 aromatic rings. The Bertz CT molecular complexity index is 841. The number of rotatable bonds is 5. The highest BCUT2D eigenvalue weighted by atomic mass is 16.5. The summed E-state index contributed by atoms with van der Waals surface area (Å²) in [6.45, 7) is 2.61. The van der Waals surface area contributed by atoms with E-state index in [1.807, 2.05) is 30.0 Å². The van der Waals surface area contributed by atoms with Gasteiger partial charge in [-0.3, -0.25) is 9.59 Å². The number of anilines is 2. The van der Waals surface area contributed by atoms with Crippen molar-refractivity contribution in [3.05, 3.63) is 47.5 Å². The minimum absolute atomic E-state index is 0.121. The first-order chi connectivity index (χ1) is 13.0. The molecule has 3 rings (SSSR count). The van der Waals surface area contributed by atoms with Crippen LogP contribution in [0.15, 0.2) is 36.4 Å². The number of hydrogen-bond acceptors (Lipinski definition) is 4. The number of benzene rings is 2. The Hall–Kier alpha value is -3.02. The van der Waals surface area contributed by atoms with E-state index < -0.39 is 0 Å². The molecule has 0 saturated heterocycles. The second-order valence-electron chi connectivity index (χ2n) is 6.40. The van der Waals surface area contributed by atoms with Crippen molar-refractivity contribution >= 4 is 23.2 Å². The van der Waals surface area contributed by atoms with Gasteiger partial charge in [-0.2, -0.15) is 0 Å². The van der Waals surface area contributed by atoms with E-state index in [2.05, 4.69) is 5.32 Å². The van der Waals surface area contributed by atoms with Crippen LogP contribution >= 0.6 is 0 Å². The molecule has 142 valence electrons. The predicted octanol–water partition coefficient (Wildman–Crippen LogP) is 3.65. The monoisotopic (exact) mass is 368 g/mol. The molecule has 27 heavy (non-hydrogen) atoms. The molecule has 0 fully saturated rings. The van der Waals surface area contributed by atoms with Crippen molar-refractivity contribution in [3.8, 4) is 11.5 Å². The minimum atomic E-state index is -0.246. The Morgan fingerprint density at radius 3 is 2.41 bits per heavy atom. The molecular formula is C21H24N2O4. The van der Waals surface area contributed by atoms with E-state index in [-0.39, 0.29) is 11.8 Å². The number of aryl methyl sites for hydroxylation is 1. The summed E-state index contributed by atoms with van der Waals surface area (Å²) in [4.78, 5) is 26.6. The summed E-state index contributed by atoms with van der Waals surface area (Å²) < 4.78 is 10.4. The van der Waals surface area contributed by atoms with Crippen molar-refractivity contribution < 1.29 is 19.1 Å². The number of methoxy groups -OCH3 is 2. The van der Waals surface area contributed by atoms with E-state index in [4.69, 9.17) is 9.47 Å². The number of carbonyl (C=O) groups is 2. The maximum absolute atomic E-state index is 12.7. The second-order valence-corrected chi connectivity index (χ2v) is 6.40. The molecule has 0 bridgehead atoms. The molecule has 1 heterocycles. The maximum Gasteiger partial charge on any atom is 0.255 e. The molecule has 0 aromatic heterocycles. The fraction of sp³-hybridized carbons (Fsp3) is 0.333. The molecular weight excluding hydrogens is 344 g/mol. The zero-order chi connectivity index (χ0) is 19.4. The third kappa shape index (κ3) is 4.05. The SMILES string of the molecule is CCC(=O)N1CCCc2cc(NC(=O)c3cc(OC)cc(OC)c3)ccc21.